The van der Waals surface area contributed by atoms with E-state index in [9.17, 15) is 22.8 Å². The van der Waals surface area contributed by atoms with E-state index >= 15 is 0 Å². The topological polar surface area (TPSA) is 76.5 Å². The molecule has 0 aliphatic carbocycles. The van der Waals surface area contributed by atoms with E-state index in [4.69, 9.17) is 5.11 Å². The first-order valence-corrected chi connectivity index (χ1v) is 4.61. The molecule has 0 aliphatic heterocycles. The van der Waals surface area contributed by atoms with Crippen LogP contribution in [-0.4, -0.2) is 29.1 Å². The summed E-state index contributed by atoms with van der Waals surface area (Å²) in [6.45, 7) is 0. The molecule has 0 aliphatic rings. The highest BCUT2D eigenvalue weighted by Crippen LogP contribution is 2.29. The van der Waals surface area contributed by atoms with Crippen LogP contribution in [0.25, 0.3) is 0 Å². The lowest BCUT2D eigenvalue weighted by Crippen LogP contribution is -2.24. The fraction of sp³-hybridized carbons (Fsp3) is 0.300. The predicted molar refractivity (Wildman–Crippen MR) is 51.6 cm³/mol. The van der Waals surface area contributed by atoms with Crippen LogP contribution in [0.4, 0.5) is 13.2 Å². The zero-order chi connectivity index (χ0) is 13.9. The second kappa shape index (κ2) is 5.03. The normalized spacial score (nSPS) is 12.9. The lowest BCUT2D eigenvalue weighted by Gasteiger charge is -2.11. The Labute approximate surface area is 99.2 Å². The number of methoxy groups -OCH3 is 1. The zero-order valence-electron chi connectivity index (χ0n) is 9.06. The van der Waals surface area contributed by atoms with Crippen molar-refractivity contribution in [3.63, 3.8) is 0 Å². The first-order valence-electron chi connectivity index (χ1n) is 4.61. The Kier molecular flexibility index (Phi) is 3.89. The number of carboxylic acid groups (broad SMARTS) is 1. The molecular weight excluding hydrogens is 255 g/mol. The van der Waals surface area contributed by atoms with Gasteiger partial charge < -0.3 is 9.84 Å². The quantitative estimate of drug-likeness (QED) is 0.659. The first kappa shape index (κ1) is 13.9. The van der Waals surface area contributed by atoms with Crippen molar-refractivity contribution in [2.24, 2.45) is 0 Å². The van der Waals surface area contributed by atoms with E-state index in [1.54, 1.807) is 0 Å². The van der Waals surface area contributed by atoms with Crippen molar-refractivity contribution in [3.8, 4) is 0 Å². The molecule has 1 heterocycles. The van der Waals surface area contributed by atoms with Gasteiger partial charge in [-0.25, -0.2) is 0 Å². The summed E-state index contributed by atoms with van der Waals surface area (Å²) in [5, 5.41) is 8.79. The van der Waals surface area contributed by atoms with Crippen LogP contribution < -0.4 is 0 Å². The summed E-state index contributed by atoms with van der Waals surface area (Å²) in [6.07, 6.45) is -4.11. The first-order chi connectivity index (χ1) is 8.27. The van der Waals surface area contributed by atoms with Gasteiger partial charge in [0.15, 0.2) is 5.92 Å². The third-order valence-corrected chi connectivity index (χ3v) is 2.09. The maximum Gasteiger partial charge on any atom is 0.417 e. The Bertz CT molecular complexity index is 455. The van der Waals surface area contributed by atoms with Gasteiger partial charge in [0.25, 0.3) is 0 Å². The van der Waals surface area contributed by atoms with Gasteiger partial charge in [-0.1, -0.05) is 0 Å². The summed E-state index contributed by atoms with van der Waals surface area (Å²) in [5.74, 6) is -4.39. The fourth-order valence-electron chi connectivity index (χ4n) is 1.21. The van der Waals surface area contributed by atoms with Crippen molar-refractivity contribution >= 4 is 11.9 Å². The number of pyridine rings is 1. The van der Waals surface area contributed by atoms with E-state index in [0.717, 1.165) is 13.2 Å². The molecular formula is C10H8F3NO4. The molecule has 0 spiro atoms. The predicted octanol–water partition coefficient (Wildman–Crippen LogP) is 1.44. The van der Waals surface area contributed by atoms with Crippen LogP contribution in [-0.2, 0) is 20.5 Å². The number of aliphatic carboxylic acids is 1. The summed E-state index contributed by atoms with van der Waals surface area (Å²) in [5.41, 5.74) is -1.34. The number of hydrogen-bond acceptors (Lipinski definition) is 4. The van der Waals surface area contributed by atoms with Crippen molar-refractivity contribution in [2.75, 3.05) is 7.11 Å². The fourth-order valence-corrected chi connectivity index (χ4v) is 1.21. The number of alkyl halides is 3. The van der Waals surface area contributed by atoms with Crippen LogP contribution in [0.2, 0.25) is 0 Å². The van der Waals surface area contributed by atoms with E-state index in [0.29, 0.717) is 12.3 Å². The summed E-state index contributed by atoms with van der Waals surface area (Å²) < 4.78 is 41.0. The van der Waals surface area contributed by atoms with Gasteiger partial charge in [0, 0.05) is 6.20 Å². The van der Waals surface area contributed by atoms with Gasteiger partial charge in [0.05, 0.1) is 18.4 Å². The molecule has 18 heavy (non-hydrogen) atoms. The molecule has 0 saturated heterocycles. The standard InChI is InChI=1S/C10H8F3NO4/c1-18-9(17)7(8(15)16)6-3-2-5(4-14-6)10(11,12)13/h2-4,7H,1H3,(H,15,16). The van der Waals surface area contributed by atoms with Crippen molar-refractivity contribution in [2.45, 2.75) is 12.1 Å². The SMILES string of the molecule is COC(=O)C(C(=O)O)c1ccc(C(F)(F)F)cn1. The van der Waals surface area contributed by atoms with Crippen molar-refractivity contribution in [1.29, 1.82) is 0 Å². The molecule has 0 bridgehead atoms. The Morgan fingerprint density at radius 2 is 2.00 bits per heavy atom. The minimum absolute atomic E-state index is 0.317. The van der Waals surface area contributed by atoms with E-state index < -0.39 is 29.6 Å². The highest BCUT2D eigenvalue weighted by Gasteiger charge is 2.34. The number of nitrogens with zero attached hydrogens (tertiary/aromatic N) is 1. The number of esters is 1. The molecule has 0 amide bonds. The van der Waals surface area contributed by atoms with Gasteiger partial charge in [-0.2, -0.15) is 13.2 Å². The van der Waals surface area contributed by atoms with Crippen LogP contribution in [0.15, 0.2) is 18.3 Å². The summed E-state index contributed by atoms with van der Waals surface area (Å²) in [6, 6.07) is 1.49. The molecule has 1 aromatic heterocycles. The Hall–Kier alpha value is -2.12. The van der Waals surface area contributed by atoms with Gasteiger partial charge in [-0.3, -0.25) is 14.6 Å². The summed E-state index contributed by atoms with van der Waals surface area (Å²) in [4.78, 5) is 25.3. The molecule has 1 rings (SSSR count). The molecule has 5 nitrogen and oxygen atoms in total. The lowest BCUT2D eigenvalue weighted by molar-refractivity contribution is -0.152. The number of halogens is 3. The average molecular weight is 263 g/mol. The number of carboxylic acids is 1. The molecule has 0 radical (unpaired) electrons. The van der Waals surface area contributed by atoms with Gasteiger partial charge in [0.2, 0.25) is 0 Å². The summed E-state index contributed by atoms with van der Waals surface area (Å²) in [7, 11) is 0.975. The van der Waals surface area contributed by atoms with Crippen LogP contribution in [0.1, 0.15) is 17.2 Å². The zero-order valence-corrected chi connectivity index (χ0v) is 9.06. The van der Waals surface area contributed by atoms with Gasteiger partial charge in [-0.15, -0.1) is 0 Å². The molecule has 8 heteroatoms. The van der Waals surface area contributed by atoms with E-state index in [1.165, 1.54) is 0 Å². The van der Waals surface area contributed by atoms with Crippen molar-refractivity contribution < 1.29 is 32.6 Å². The second-order valence-corrected chi connectivity index (χ2v) is 3.26. The number of hydrogen-bond donors (Lipinski definition) is 1. The molecule has 0 fully saturated rings. The highest BCUT2D eigenvalue weighted by molar-refractivity contribution is 5.99. The minimum atomic E-state index is -4.57. The van der Waals surface area contributed by atoms with E-state index in [1.807, 2.05) is 0 Å². The third-order valence-electron chi connectivity index (χ3n) is 2.09. The van der Waals surface area contributed by atoms with Crippen molar-refractivity contribution in [3.05, 3.63) is 29.6 Å². The Morgan fingerprint density at radius 3 is 2.33 bits per heavy atom. The minimum Gasteiger partial charge on any atom is -0.480 e. The Balaban J connectivity index is 3.09. The molecule has 1 unspecified atom stereocenters. The molecule has 1 atom stereocenters. The number of rotatable bonds is 3. The van der Waals surface area contributed by atoms with E-state index in [2.05, 4.69) is 9.72 Å². The average Bonchev–Trinajstić information content (AvgIpc) is 2.28. The molecule has 1 N–H and O–H groups in total. The van der Waals surface area contributed by atoms with Gasteiger partial charge >= 0.3 is 18.1 Å². The van der Waals surface area contributed by atoms with Gasteiger partial charge in [0.1, 0.15) is 0 Å². The molecule has 1 aromatic rings. The summed E-state index contributed by atoms with van der Waals surface area (Å²) >= 11 is 0. The molecule has 0 aromatic carbocycles. The van der Waals surface area contributed by atoms with E-state index in [-0.39, 0.29) is 5.69 Å². The molecule has 98 valence electrons. The monoisotopic (exact) mass is 263 g/mol. The van der Waals surface area contributed by atoms with Crippen molar-refractivity contribution in [1.82, 2.24) is 4.98 Å². The largest absolute Gasteiger partial charge is 0.480 e. The van der Waals surface area contributed by atoms with Gasteiger partial charge in [-0.05, 0) is 12.1 Å². The number of ether oxygens (including phenoxy) is 1. The van der Waals surface area contributed by atoms with Crippen LogP contribution in [0, 0.1) is 0 Å². The number of carbonyl (C=O) groups is 2. The number of carbonyl (C=O) groups excluding carboxylic acids is 1. The Morgan fingerprint density at radius 1 is 1.39 bits per heavy atom. The maximum atomic E-state index is 12.3. The number of aromatic nitrogens is 1. The highest BCUT2D eigenvalue weighted by atomic mass is 19.4. The molecule has 0 saturated carbocycles. The maximum absolute atomic E-state index is 12.3. The van der Waals surface area contributed by atoms with Crippen LogP contribution >= 0.6 is 0 Å². The second-order valence-electron chi connectivity index (χ2n) is 3.26. The van der Waals surface area contributed by atoms with Crippen LogP contribution in [0.5, 0.6) is 0 Å². The lowest BCUT2D eigenvalue weighted by atomic mass is 10.0. The van der Waals surface area contributed by atoms with Crippen LogP contribution in [0.3, 0.4) is 0 Å². The smallest absolute Gasteiger partial charge is 0.417 e. The third kappa shape index (κ3) is 2.96.